The van der Waals surface area contributed by atoms with Crippen LogP contribution >= 0.6 is 15.9 Å². The molecule has 4 bridgehead atoms. The maximum atomic E-state index is 13.5. The molecule has 5 nitrogen and oxygen atoms in total. The lowest BCUT2D eigenvalue weighted by atomic mass is 9.49. The number of halogens is 1. The molecule has 142 valence electrons. The number of benzene rings is 1. The number of anilines is 1. The molecule has 4 fully saturated rings. The molecule has 0 spiro atoms. The molecular formula is C21H23BrN2O3. The van der Waals surface area contributed by atoms with Gasteiger partial charge < -0.3 is 15.0 Å². The number of esters is 1. The summed E-state index contributed by atoms with van der Waals surface area (Å²) in [6.07, 6.45) is 6.41. The van der Waals surface area contributed by atoms with Crippen LogP contribution in [0.2, 0.25) is 0 Å². The Balaban J connectivity index is 1.52. The first-order valence-corrected chi connectivity index (χ1v) is 10.4. The first kappa shape index (κ1) is 17.3. The average Bonchev–Trinajstić information content (AvgIpc) is 2.97. The first-order valence-electron chi connectivity index (χ1n) is 9.61. The predicted octanol–water partition coefficient (Wildman–Crippen LogP) is 4.63. The molecule has 0 aliphatic heterocycles. The van der Waals surface area contributed by atoms with Crippen LogP contribution in [0.3, 0.4) is 0 Å². The van der Waals surface area contributed by atoms with Gasteiger partial charge in [-0.25, -0.2) is 4.79 Å². The number of aromatic nitrogens is 1. The molecule has 1 aromatic heterocycles. The summed E-state index contributed by atoms with van der Waals surface area (Å²) in [4.78, 5) is 28.9. The summed E-state index contributed by atoms with van der Waals surface area (Å²) >= 11 is 3.97. The Hall–Kier alpha value is -1.82. The maximum absolute atomic E-state index is 13.5. The van der Waals surface area contributed by atoms with Gasteiger partial charge in [0.2, 0.25) is 5.91 Å². The number of carbonyl (C=O) groups excluding carboxylic acids is 2. The van der Waals surface area contributed by atoms with Crippen molar-refractivity contribution in [1.29, 1.82) is 0 Å². The van der Waals surface area contributed by atoms with Gasteiger partial charge in [-0.1, -0.05) is 34.1 Å². The zero-order valence-electron chi connectivity index (χ0n) is 15.3. The minimum Gasteiger partial charge on any atom is -0.464 e. The molecule has 6 rings (SSSR count). The highest BCUT2D eigenvalue weighted by Crippen LogP contribution is 2.64. The summed E-state index contributed by atoms with van der Waals surface area (Å²) in [6, 6.07) is 7.62. The Kier molecular flexibility index (Phi) is 3.74. The van der Waals surface area contributed by atoms with Crippen molar-refractivity contribution in [1.82, 2.24) is 4.98 Å². The van der Waals surface area contributed by atoms with Gasteiger partial charge in [0.05, 0.1) is 18.2 Å². The van der Waals surface area contributed by atoms with E-state index in [0.717, 1.165) is 30.2 Å². The highest BCUT2D eigenvalue weighted by Gasteiger charge is 2.59. The van der Waals surface area contributed by atoms with Gasteiger partial charge in [-0.3, -0.25) is 4.79 Å². The van der Waals surface area contributed by atoms with Crippen LogP contribution in [0.5, 0.6) is 0 Å². The summed E-state index contributed by atoms with van der Waals surface area (Å²) < 4.78 is 5.04. The van der Waals surface area contributed by atoms with E-state index in [2.05, 4.69) is 26.2 Å². The number of ether oxygens (including phenoxy) is 1. The third-order valence-electron chi connectivity index (χ3n) is 6.81. The Morgan fingerprint density at radius 3 is 2.56 bits per heavy atom. The number of fused-ring (bicyclic) bond motifs is 1. The number of H-pyrrole nitrogens is 1. The number of hydrogen-bond donors (Lipinski definition) is 2. The SMILES string of the molecule is COC(=O)c1[nH]c2ccccc2c1NC(=O)C12C[C@@H]3C[C@H](CC(Br)(C3)C1)C2. The van der Waals surface area contributed by atoms with Gasteiger partial charge in [0.1, 0.15) is 5.69 Å². The largest absolute Gasteiger partial charge is 0.464 e. The quantitative estimate of drug-likeness (QED) is 0.550. The molecule has 27 heavy (non-hydrogen) atoms. The van der Waals surface area contributed by atoms with Gasteiger partial charge in [0, 0.05) is 15.2 Å². The summed E-state index contributed by atoms with van der Waals surface area (Å²) in [5.74, 6) is 0.832. The standard InChI is InChI=1S/C21H23BrN2O3/c1-27-18(25)17-16(14-4-2-3-5-15(14)23-17)24-19(26)20-7-12-6-13(8-20)10-21(22,9-12)11-20/h2-5,12-13,23H,6-11H2,1H3,(H,24,26)/t12-,13-,20?,21?/m0/s1. The van der Waals surface area contributed by atoms with Crippen molar-refractivity contribution in [3.8, 4) is 0 Å². The van der Waals surface area contributed by atoms with Gasteiger partial charge >= 0.3 is 5.97 Å². The van der Waals surface area contributed by atoms with Crippen molar-refractivity contribution in [3.63, 3.8) is 0 Å². The fourth-order valence-electron chi connectivity index (χ4n) is 6.19. The van der Waals surface area contributed by atoms with Gasteiger partial charge in [-0.15, -0.1) is 0 Å². The van der Waals surface area contributed by atoms with Crippen molar-refractivity contribution in [2.45, 2.75) is 42.8 Å². The van der Waals surface area contributed by atoms with Crippen LogP contribution < -0.4 is 5.32 Å². The first-order chi connectivity index (χ1) is 12.9. The molecule has 2 aromatic rings. The van der Waals surface area contributed by atoms with E-state index < -0.39 is 5.97 Å². The van der Waals surface area contributed by atoms with Crippen LogP contribution in [0.15, 0.2) is 24.3 Å². The molecule has 4 aliphatic rings. The van der Waals surface area contributed by atoms with Gasteiger partial charge in [0.15, 0.2) is 0 Å². The molecule has 4 saturated carbocycles. The van der Waals surface area contributed by atoms with E-state index >= 15 is 0 Å². The molecule has 0 radical (unpaired) electrons. The molecule has 0 saturated heterocycles. The molecule has 6 heteroatoms. The van der Waals surface area contributed by atoms with Crippen molar-refractivity contribution in [3.05, 3.63) is 30.0 Å². The van der Waals surface area contributed by atoms with E-state index in [1.54, 1.807) is 0 Å². The van der Waals surface area contributed by atoms with Crippen molar-refractivity contribution < 1.29 is 14.3 Å². The number of rotatable bonds is 3. The second-order valence-electron chi connectivity index (χ2n) is 8.76. The number of carbonyl (C=O) groups is 2. The minimum absolute atomic E-state index is 0.0512. The van der Waals surface area contributed by atoms with E-state index in [4.69, 9.17) is 4.74 Å². The van der Waals surface area contributed by atoms with Crippen LogP contribution in [0.4, 0.5) is 5.69 Å². The average molecular weight is 431 g/mol. The van der Waals surface area contributed by atoms with Crippen molar-refractivity contribution in [2.75, 3.05) is 12.4 Å². The highest BCUT2D eigenvalue weighted by molar-refractivity contribution is 9.10. The molecule has 1 aromatic carbocycles. The Morgan fingerprint density at radius 1 is 1.19 bits per heavy atom. The summed E-state index contributed by atoms with van der Waals surface area (Å²) in [6.45, 7) is 0. The normalized spacial score (nSPS) is 34.0. The fourth-order valence-corrected chi connectivity index (χ4v) is 7.64. The van der Waals surface area contributed by atoms with Gasteiger partial charge in [-0.2, -0.15) is 0 Å². The van der Waals surface area contributed by atoms with Gasteiger partial charge in [-0.05, 0) is 56.4 Å². The number of amides is 1. The van der Waals surface area contributed by atoms with Crippen LogP contribution in [0, 0.1) is 17.3 Å². The monoisotopic (exact) mass is 430 g/mol. The molecule has 1 amide bonds. The number of methoxy groups -OCH3 is 1. The third-order valence-corrected chi connectivity index (χ3v) is 7.73. The Labute approximate surface area is 166 Å². The van der Waals surface area contributed by atoms with E-state index in [1.165, 1.54) is 26.4 Å². The Morgan fingerprint density at radius 2 is 1.89 bits per heavy atom. The van der Waals surface area contributed by atoms with Crippen LogP contribution in [-0.2, 0) is 9.53 Å². The maximum Gasteiger partial charge on any atom is 0.356 e. The zero-order chi connectivity index (χ0) is 18.8. The minimum atomic E-state index is -0.469. The fraction of sp³-hybridized carbons (Fsp3) is 0.524. The highest BCUT2D eigenvalue weighted by atomic mass is 79.9. The lowest BCUT2D eigenvalue weighted by Crippen LogP contribution is -2.57. The predicted molar refractivity (Wildman–Crippen MR) is 107 cm³/mol. The number of nitrogens with one attached hydrogen (secondary N) is 2. The number of hydrogen-bond acceptors (Lipinski definition) is 3. The molecule has 2 N–H and O–H groups in total. The third kappa shape index (κ3) is 2.64. The van der Waals surface area contributed by atoms with E-state index in [-0.39, 0.29) is 15.6 Å². The second kappa shape index (κ2) is 5.84. The molecule has 2 atom stereocenters. The van der Waals surface area contributed by atoms with E-state index in [9.17, 15) is 9.59 Å². The number of aromatic amines is 1. The second-order valence-corrected chi connectivity index (χ2v) is 10.4. The van der Waals surface area contributed by atoms with Crippen LogP contribution in [0.25, 0.3) is 10.9 Å². The van der Waals surface area contributed by atoms with Crippen molar-refractivity contribution >= 4 is 44.4 Å². The topological polar surface area (TPSA) is 71.2 Å². The van der Waals surface area contributed by atoms with E-state index in [0.29, 0.717) is 23.2 Å². The lowest BCUT2D eigenvalue weighted by molar-refractivity contribution is -0.138. The van der Waals surface area contributed by atoms with Crippen LogP contribution in [-0.4, -0.2) is 28.3 Å². The lowest BCUT2D eigenvalue weighted by Gasteiger charge is -2.59. The molecule has 0 unspecified atom stereocenters. The van der Waals surface area contributed by atoms with Gasteiger partial charge in [0.25, 0.3) is 0 Å². The molecule has 1 heterocycles. The molecular weight excluding hydrogens is 408 g/mol. The zero-order valence-corrected chi connectivity index (χ0v) is 16.9. The smallest absolute Gasteiger partial charge is 0.356 e. The Bertz CT molecular complexity index is 936. The number of para-hydroxylation sites is 1. The van der Waals surface area contributed by atoms with Crippen molar-refractivity contribution in [2.24, 2.45) is 17.3 Å². The molecule has 4 aliphatic carbocycles. The van der Waals surface area contributed by atoms with E-state index in [1.807, 2.05) is 24.3 Å². The summed E-state index contributed by atoms with van der Waals surface area (Å²) in [7, 11) is 1.35. The summed E-state index contributed by atoms with van der Waals surface area (Å²) in [5.41, 5.74) is 1.34. The number of alkyl halides is 1. The van der Waals surface area contributed by atoms with Crippen LogP contribution in [0.1, 0.15) is 49.0 Å². The summed E-state index contributed by atoms with van der Waals surface area (Å²) in [5, 5.41) is 3.97.